The molecule has 2 aliphatic heterocycles. The molecule has 1 aromatic heterocycles. The van der Waals surface area contributed by atoms with E-state index in [2.05, 4.69) is 5.32 Å². The minimum absolute atomic E-state index is 0.189. The van der Waals surface area contributed by atoms with Crippen LogP contribution in [0.1, 0.15) is 51.5 Å². The van der Waals surface area contributed by atoms with Gasteiger partial charge in [0.25, 0.3) is 11.5 Å². The number of carbonyl (C=O) groups excluding carboxylic acids is 3. The highest BCUT2D eigenvalue weighted by molar-refractivity contribution is 6.02. The van der Waals surface area contributed by atoms with E-state index in [0.717, 1.165) is 61.4 Å². The van der Waals surface area contributed by atoms with Crippen LogP contribution in [-0.2, 0) is 38.0 Å². The fourth-order valence-electron chi connectivity index (χ4n) is 6.10. The lowest BCUT2D eigenvalue weighted by molar-refractivity contribution is -0.241. The highest BCUT2D eigenvalue weighted by Crippen LogP contribution is 2.34. The number of ether oxygens (including phenoxy) is 6. The van der Waals surface area contributed by atoms with Crippen molar-refractivity contribution in [3.05, 3.63) is 74.8 Å². The Hall–Kier alpha value is -4.73. The molecule has 6 N–H and O–H groups in total. The summed E-state index contributed by atoms with van der Waals surface area (Å²) < 4.78 is 61.0. The smallest absolute Gasteiger partial charge is 0.456 e. The lowest BCUT2D eigenvalue weighted by Gasteiger charge is -2.35. The molecule has 1 unspecified atom stereocenters. The van der Waals surface area contributed by atoms with Crippen molar-refractivity contribution in [3.8, 4) is 0 Å². The van der Waals surface area contributed by atoms with Gasteiger partial charge in [-0.2, -0.15) is 0 Å². The molecule has 1 aromatic carbocycles. The summed E-state index contributed by atoms with van der Waals surface area (Å²) in [6.07, 6.45) is -11.3. The summed E-state index contributed by atoms with van der Waals surface area (Å²) in [5.74, 6) is -5.44. The van der Waals surface area contributed by atoms with Crippen LogP contribution in [-0.4, -0.2) is 98.6 Å². The molecule has 20 heteroatoms. The first-order valence-electron chi connectivity index (χ1n) is 16.2. The fraction of sp³-hybridized carbons (Fsp3) is 0.531. The average Bonchev–Trinajstić information content (AvgIpc) is 3.42. The van der Waals surface area contributed by atoms with Crippen LogP contribution < -0.4 is 22.3 Å². The maximum Gasteiger partial charge on any atom is 0.510 e. The number of methoxy groups -OCH3 is 1. The molecule has 2 aromatic rings. The fourth-order valence-corrected chi connectivity index (χ4v) is 6.10. The van der Waals surface area contributed by atoms with Crippen LogP contribution in [0.2, 0.25) is 0 Å². The molecule has 18 nitrogen and oxygen atoms in total. The normalized spacial score (nSPS) is 27.5. The van der Waals surface area contributed by atoms with E-state index in [0.29, 0.717) is 23.5 Å². The molecule has 1 saturated carbocycles. The van der Waals surface area contributed by atoms with Gasteiger partial charge in [0, 0.05) is 31.1 Å². The van der Waals surface area contributed by atoms with Crippen LogP contribution in [0.15, 0.2) is 51.9 Å². The van der Waals surface area contributed by atoms with Crippen molar-refractivity contribution >= 4 is 23.7 Å². The van der Waals surface area contributed by atoms with Gasteiger partial charge in [-0.05, 0) is 50.8 Å². The van der Waals surface area contributed by atoms with E-state index in [9.17, 15) is 48.1 Å². The Bertz CT molecular complexity index is 1800. The molecule has 5 rings (SSSR count). The number of benzene rings is 1. The summed E-state index contributed by atoms with van der Waals surface area (Å²) in [7, 11) is 1.13. The lowest BCUT2D eigenvalue weighted by atomic mass is 9.98. The first-order chi connectivity index (χ1) is 24.7. The highest BCUT2D eigenvalue weighted by atomic mass is 19.2. The summed E-state index contributed by atoms with van der Waals surface area (Å²) in [4.78, 5) is 64.3. The zero-order valence-electron chi connectivity index (χ0n) is 27.8. The predicted octanol–water partition coefficient (Wildman–Crippen LogP) is 0.0371. The maximum absolute atomic E-state index is 13.6. The van der Waals surface area contributed by atoms with Crippen molar-refractivity contribution in [1.82, 2.24) is 9.13 Å². The number of amides is 2. The third-order valence-electron chi connectivity index (χ3n) is 8.74. The molecule has 284 valence electrons. The Morgan fingerprint density at radius 2 is 1.75 bits per heavy atom. The number of nitrogens with zero attached hydrogens (tertiary/aromatic N) is 2. The Balaban J connectivity index is 1.33. The number of carbonyl (C=O) groups is 3. The largest absolute Gasteiger partial charge is 0.510 e. The van der Waals surface area contributed by atoms with Gasteiger partial charge in [0.15, 0.2) is 36.0 Å². The monoisotopic (exact) mass is 740 g/mol. The molecule has 52 heavy (non-hydrogen) atoms. The number of anilines is 1. The second-order valence-electron chi connectivity index (χ2n) is 12.3. The lowest BCUT2D eigenvalue weighted by Crippen LogP contribution is -2.53. The summed E-state index contributed by atoms with van der Waals surface area (Å²) >= 11 is 0. The van der Waals surface area contributed by atoms with Crippen LogP contribution in [0.5, 0.6) is 0 Å². The van der Waals surface area contributed by atoms with Gasteiger partial charge >= 0.3 is 11.8 Å². The van der Waals surface area contributed by atoms with Crippen molar-refractivity contribution < 1.29 is 66.9 Å². The third kappa shape index (κ3) is 8.32. The van der Waals surface area contributed by atoms with Gasteiger partial charge in [0.1, 0.15) is 36.6 Å². The molecule has 0 spiro atoms. The van der Waals surface area contributed by atoms with E-state index in [4.69, 9.17) is 34.2 Å². The Kier molecular flexibility index (Phi) is 12.1. The first-order valence-corrected chi connectivity index (χ1v) is 16.2. The predicted molar refractivity (Wildman–Crippen MR) is 169 cm³/mol. The van der Waals surface area contributed by atoms with Crippen molar-refractivity contribution in [2.75, 3.05) is 12.4 Å². The number of hydrogen-bond donors (Lipinski definition) is 5. The molecule has 2 amide bonds. The SMILES string of the molecule is CO[C@H]1[C@@H](O)[C@H](n2ccc(=O)n(C(C)OC(=O)OC3CCCCC3)c2=O)O[C@@H]1[C@@H](O[C@H]1OC(C(=O)Nc2ccc(F)c(F)c2)=C[C@H](O)[C@@H]1O)C(N)=O. The van der Waals surface area contributed by atoms with Gasteiger partial charge in [0.05, 0.1) is 0 Å². The summed E-state index contributed by atoms with van der Waals surface area (Å²) in [6.45, 7) is 1.25. The average molecular weight is 741 g/mol. The number of rotatable bonds is 11. The summed E-state index contributed by atoms with van der Waals surface area (Å²) in [5.41, 5.74) is 3.44. The Morgan fingerprint density at radius 1 is 1.04 bits per heavy atom. The van der Waals surface area contributed by atoms with Crippen LogP contribution in [0.3, 0.4) is 0 Å². The number of aliphatic hydroxyl groups excluding tert-OH is 3. The van der Waals surface area contributed by atoms with Gasteiger partial charge in [-0.25, -0.2) is 22.9 Å². The third-order valence-corrected chi connectivity index (χ3v) is 8.74. The van der Waals surface area contributed by atoms with Crippen LogP contribution in [0.4, 0.5) is 19.3 Å². The van der Waals surface area contributed by atoms with E-state index in [1.54, 1.807) is 0 Å². The molecule has 3 heterocycles. The number of aliphatic hydroxyl groups is 3. The zero-order valence-corrected chi connectivity index (χ0v) is 27.8. The molecule has 1 saturated heterocycles. The summed E-state index contributed by atoms with van der Waals surface area (Å²) in [6, 6.07) is 3.42. The number of halogens is 2. The van der Waals surface area contributed by atoms with E-state index < -0.39 is 102 Å². The van der Waals surface area contributed by atoms with Crippen molar-refractivity contribution in [2.24, 2.45) is 5.73 Å². The molecular formula is C32H38F2N4O14. The van der Waals surface area contributed by atoms with Crippen molar-refractivity contribution in [1.29, 1.82) is 0 Å². The second kappa shape index (κ2) is 16.3. The molecule has 0 radical (unpaired) electrons. The van der Waals surface area contributed by atoms with Crippen LogP contribution in [0, 0.1) is 11.6 Å². The summed E-state index contributed by atoms with van der Waals surface area (Å²) in [5, 5.41) is 34.5. The minimum Gasteiger partial charge on any atom is -0.456 e. The molecule has 3 aliphatic rings. The number of hydrogen-bond acceptors (Lipinski definition) is 14. The number of nitrogens with one attached hydrogen (secondary N) is 1. The molecule has 1 aliphatic carbocycles. The van der Waals surface area contributed by atoms with Crippen molar-refractivity contribution in [2.45, 2.75) is 101 Å². The molecular weight excluding hydrogens is 702 g/mol. The quantitative estimate of drug-likeness (QED) is 0.191. The Labute approximate surface area is 293 Å². The number of primary amides is 1. The van der Waals surface area contributed by atoms with E-state index in [-0.39, 0.29) is 11.8 Å². The van der Waals surface area contributed by atoms with Crippen LogP contribution in [0.25, 0.3) is 0 Å². The van der Waals surface area contributed by atoms with E-state index >= 15 is 0 Å². The van der Waals surface area contributed by atoms with Gasteiger partial charge < -0.3 is 54.8 Å². The number of aromatic nitrogens is 2. The maximum atomic E-state index is 13.6. The standard InChI is InChI=1S/C32H38F2N4O14/c1-14(48-32(46)49-16-6-4-3-5-7-16)38-21(40)10-11-37(31(38)45)29-23(42)24(47-2)25(51-29)26(27(35)43)52-30-22(41)19(39)13-20(50-30)28(44)36-15-8-9-17(33)18(34)12-15/h8-14,16,19,22-26,29-30,39,41-42H,3-7H2,1-2H3,(H2,35,43)(H,36,44)/t14?,19-,22-,23+,24-,25-,26+,29+,30+/m0/s1. The van der Waals surface area contributed by atoms with Gasteiger partial charge in [-0.3, -0.25) is 19.0 Å². The van der Waals surface area contributed by atoms with Crippen molar-refractivity contribution in [3.63, 3.8) is 0 Å². The Morgan fingerprint density at radius 3 is 2.40 bits per heavy atom. The van der Waals surface area contributed by atoms with E-state index in [1.165, 1.54) is 6.92 Å². The minimum atomic E-state index is -1.99. The topological polar surface area (TPSA) is 249 Å². The second-order valence-corrected chi connectivity index (χ2v) is 12.3. The van der Waals surface area contributed by atoms with Crippen LogP contribution >= 0.6 is 0 Å². The molecule has 2 fully saturated rings. The van der Waals surface area contributed by atoms with Gasteiger partial charge in [0.2, 0.25) is 12.2 Å². The van der Waals surface area contributed by atoms with Gasteiger partial charge in [-0.15, -0.1) is 0 Å². The highest BCUT2D eigenvalue weighted by Gasteiger charge is 2.52. The molecule has 0 bridgehead atoms. The van der Waals surface area contributed by atoms with Gasteiger partial charge in [-0.1, -0.05) is 6.42 Å². The first kappa shape index (κ1) is 38.5. The molecule has 9 atom stereocenters. The zero-order chi connectivity index (χ0) is 37.9. The van der Waals surface area contributed by atoms with E-state index in [1.807, 2.05) is 0 Å². The number of nitrogens with two attached hydrogens (primary N) is 1.